The smallest absolute Gasteiger partial charge is 0.326 e. The summed E-state index contributed by atoms with van der Waals surface area (Å²) in [6.45, 7) is 1.10. The number of hydrogen-bond acceptors (Lipinski definition) is 9. The number of carbonyl (C=O) groups is 3. The first-order valence-electron chi connectivity index (χ1n) is 18.5. The van der Waals surface area contributed by atoms with Crippen LogP contribution in [0.15, 0.2) is 121 Å². The minimum Gasteiger partial charge on any atom is -0.489 e. The molecule has 3 N–H and O–H groups in total. The van der Waals surface area contributed by atoms with E-state index >= 15 is 0 Å². The predicted octanol–water partition coefficient (Wildman–Crippen LogP) is 7.73. The molecule has 5 aromatic carbocycles. The third-order valence-electron chi connectivity index (χ3n) is 10.2. The van der Waals surface area contributed by atoms with Crippen molar-refractivity contribution < 1.29 is 29.0 Å². The van der Waals surface area contributed by atoms with E-state index in [0.29, 0.717) is 53.0 Å². The molecular formula is C45H36ClN5O6S. The highest BCUT2D eigenvalue weighted by molar-refractivity contribution is 7.09. The van der Waals surface area contributed by atoms with Crippen LogP contribution in [0.3, 0.4) is 0 Å². The topological polar surface area (TPSA) is 154 Å². The number of carbonyl (C=O) groups excluding carboxylic acids is 2. The number of aromatic nitrogens is 1. The third kappa shape index (κ3) is 8.72. The number of amides is 2. The molecule has 1 unspecified atom stereocenters. The van der Waals surface area contributed by atoms with Crippen LogP contribution in [0.4, 0.5) is 5.69 Å². The Balaban J connectivity index is 0.966. The number of ether oxygens (including phenoxy) is 2. The summed E-state index contributed by atoms with van der Waals surface area (Å²) in [5.41, 5.74) is 7.05. The minimum atomic E-state index is -1.17. The van der Waals surface area contributed by atoms with Gasteiger partial charge in [0.2, 0.25) is 12.0 Å². The zero-order chi connectivity index (χ0) is 40.2. The van der Waals surface area contributed by atoms with Crippen LogP contribution in [0.5, 0.6) is 11.5 Å². The number of carboxylic acid groups (broad SMARTS) is 1. The van der Waals surface area contributed by atoms with Crippen molar-refractivity contribution >= 4 is 46.4 Å². The molecule has 3 heterocycles. The maximum atomic E-state index is 14.1. The molecule has 13 heteroatoms. The van der Waals surface area contributed by atoms with Crippen LogP contribution >= 0.6 is 22.9 Å². The van der Waals surface area contributed by atoms with Gasteiger partial charge in [0.15, 0.2) is 0 Å². The largest absolute Gasteiger partial charge is 0.489 e. The number of fused-ring (bicyclic) bond motifs is 2. The average Bonchev–Trinajstić information content (AvgIpc) is 3.75. The molecule has 6 aromatic rings. The van der Waals surface area contributed by atoms with Gasteiger partial charge in [0.1, 0.15) is 29.2 Å². The van der Waals surface area contributed by atoms with Crippen LogP contribution in [-0.2, 0) is 46.9 Å². The Bertz CT molecular complexity index is 2510. The Morgan fingerprint density at radius 3 is 2.45 bits per heavy atom. The number of thiazole rings is 1. The second-order valence-corrected chi connectivity index (χ2v) is 15.5. The van der Waals surface area contributed by atoms with E-state index in [1.807, 2.05) is 77.0 Å². The van der Waals surface area contributed by atoms with Crippen LogP contribution in [0.1, 0.15) is 44.5 Å². The Hall–Kier alpha value is -6.52. The van der Waals surface area contributed by atoms with Crippen LogP contribution in [-0.4, -0.2) is 44.9 Å². The van der Waals surface area contributed by atoms with Crippen LogP contribution < -0.4 is 20.1 Å². The lowest BCUT2D eigenvalue weighted by Gasteiger charge is -2.37. The summed E-state index contributed by atoms with van der Waals surface area (Å²) in [6.07, 6.45) is 1.19. The molecule has 0 bridgehead atoms. The number of halogens is 1. The lowest BCUT2D eigenvalue weighted by molar-refractivity contribution is -0.142. The van der Waals surface area contributed by atoms with Gasteiger partial charge < -0.3 is 25.2 Å². The highest BCUT2D eigenvalue weighted by Crippen LogP contribution is 2.40. The molecule has 8 rings (SSSR count). The molecule has 0 fully saturated rings. The number of carboxylic acids is 1. The molecule has 2 amide bonds. The maximum absolute atomic E-state index is 14.1. The van der Waals surface area contributed by atoms with Crippen molar-refractivity contribution in [2.75, 3.05) is 5.32 Å². The molecular weight excluding hydrogens is 774 g/mol. The van der Waals surface area contributed by atoms with E-state index in [-0.39, 0.29) is 18.7 Å². The van der Waals surface area contributed by atoms with E-state index in [1.54, 1.807) is 48.7 Å². The van der Waals surface area contributed by atoms with Crippen molar-refractivity contribution in [3.05, 3.63) is 164 Å². The zero-order valence-corrected chi connectivity index (χ0v) is 32.5. The summed E-state index contributed by atoms with van der Waals surface area (Å²) in [4.78, 5) is 46.4. The molecule has 2 aliphatic rings. The van der Waals surface area contributed by atoms with E-state index < -0.39 is 30.1 Å². The summed E-state index contributed by atoms with van der Waals surface area (Å²) < 4.78 is 12.2. The highest BCUT2D eigenvalue weighted by atomic mass is 35.5. The normalized spacial score (nSPS) is 16.4. The number of aliphatic carboxylic acids is 1. The van der Waals surface area contributed by atoms with Crippen molar-refractivity contribution in [3.63, 3.8) is 0 Å². The summed E-state index contributed by atoms with van der Waals surface area (Å²) >= 11 is 7.57. The molecule has 0 saturated heterocycles. The lowest BCUT2D eigenvalue weighted by Crippen LogP contribution is -2.54. The second kappa shape index (κ2) is 16.9. The quantitative estimate of drug-likeness (QED) is 0.113. The molecule has 58 heavy (non-hydrogen) atoms. The fourth-order valence-electron chi connectivity index (χ4n) is 7.20. The molecule has 290 valence electrons. The SMILES string of the molecule is N#Cc1ccc(-c2ccc(CC(NC(=O)[C@@H]3Cc4cc5c(cc4CN3Cc3nccs3)O[C@@H](c3ccc(OCc4cccc(Cl)c4)cc3)C(=O)N5)C(=O)O)cc2)cc1. The molecule has 11 nitrogen and oxygen atoms in total. The van der Waals surface area contributed by atoms with Crippen molar-refractivity contribution in [2.24, 2.45) is 0 Å². The Morgan fingerprint density at radius 2 is 1.76 bits per heavy atom. The number of nitrogens with one attached hydrogen (secondary N) is 2. The Kier molecular flexibility index (Phi) is 11.2. The number of rotatable bonds is 12. The van der Waals surface area contributed by atoms with Crippen molar-refractivity contribution in [2.45, 2.75) is 50.7 Å². The summed E-state index contributed by atoms with van der Waals surface area (Å²) in [5.74, 6) is -0.738. The molecule has 2 aliphatic heterocycles. The molecule has 0 saturated carbocycles. The first-order chi connectivity index (χ1) is 28.2. The number of anilines is 1. The van der Waals surface area contributed by atoms with Gasteiger partial charge in [0, 0.05) is 35.1 Å². The standard InChI is InChI=1S/C45H36ClN5O6S/c46-35-3-1-2-29(18-35)26-56-36-14-12-32(13-15-36)42-44(53)49-37-20-33-21-39(51(25-41-48-16-17-58-41)24-34(33)22-40(37)57-42)43(52)50-38(45(54)55)19-27-4-8-30(9-5-27)31-10-6-28(23-47)7-11-31/h1-18,20,22,38-39,42H,19,21,24-26H2,(H,49,53)(H,50,52)(H,54,55)/t38?,39-,42-/m0/s1. The van der Waals surface area contributed by atoms with Gasteiger partial charge in [-0.3, -0.25) is 14.5 Å². The first-order valence-corrected chi connectivity index (χ1v) is 19.8. The van der Waals surface area contributed by atoms with Gasteiger partial charge >= 0.3 is 5.97 Å². The van der Waals surface area contributed by atoms with Gasteiger partial charge in [-0.2, -0.15) is 5.26 Å². The van der Waals surface area contributed by atoms with Gasteiger partial charge in [-0.1, -0.05) is 72.3 Å². The highest BCUT2D eigenvalue weighted by Gasteiger charge is 2.37. The summed E-state index contributed by atoms with van der Waals surface area (Å²) in [5, 5.41) is 28.5. The minimum absolute atomic E-state index is 0.0846. The molecule has 0 spiro atoms. The monoisotopic (exact) mass is 809 g/mol. The summed E-state index contributed by atoms with van der Waals surface area (Å²) in [6, 6.07) is 33.3. The zero-order valence-electron chi connectivity index (χ0n) is 30.9. The fraction of sp³-hybridized carbons (Fsp3) is 0.178. The second-order valence-electron chi connectivity index (χ2n) is 14.1. The van der Waals surface area contributed by atoms with Gasteiger partial charge in [-0.25, -0.2) is 9.78 Å². The molecule has 0 radical (unpaired) electrons. The lowest BCUT2D eigenvalue weighted by atomic mass is 9.91. The average molecular weight is 810 g/mol. The first kappa shape index (κ1) is 38.4. The third-order valence-corrected chi connectivity index (χ3v) is 11.2. The van der Waals surface area contributed by atoms with Crippen molar-refractivity contribution in [1.29, 1.82) is 5.26 Å². The summed E-state index contributed by atoms with van der Waals surface area (Å²) in [7, 11) is 0. The van der Waals surface area contributed by atoms with E-state index in [2.05, 4.69) is 21.7 Å². The maximum Gasteiger partial charge on any atom is 0.326 e. The van der Waals surface area contributed by atoms with Crippen LogP contribution in [0.2, 0.25) is 5.02 Å². The number of nitriles is 1. The molecule has 0 aliphatic carbocycles. The van der Waals surface area contributed by atoms with Crippen molar-refractivity contribution in [1.82, 2.24) is 15.2 Å². The van der Waals surface area contributed by atoms with Gasteiger partial charge in [0.25, 0.3) is 5.91 Å². The number of nitrogens with zero attached hydrogens (tertiary/aromatic N) is 3. The number of benzene rings is 5. The van der Waals surface area contributed by atoms with E-state index in [9.17, 15) is 19.5 Å². The fourth-order valence-corrected chi connectivity index (χ4v) is 8.05. The van der Waals surface area contributed by atoms with E-state index in [4.69, 9.17) is 26.3 Å². The molecule has 1 aromatic heterocycles. The van der Waals surface area contributed by atoms with E-state index in [0.717, 1.165) is 38.4 Å². The van der Waals surface area contributed by atoms with Gasteiger partial charge in [-0.15, -0.1) is 11.3 Å². The molecule has 3 atom stereocenters. The van der Waals surface area contributed by atoms with Gasteiger partial charge in [0.05, 0.1) is 29.9 Å². The Morgan fingerprint density at radius 1 is 1.00 bits per heavy atom. The van der Waals surface area contributed by atoms with E-state index in [1.165, 1.54) is 11.3 Å². The number of hydrogen-bond donors (Lipinski definition) is 3. The predicted molar refractivity (Wildman–Crippen MR) is 219 cm³/mol. The van der Waals surface area contributed by atoms with Gasteiger partial charge in [-0.05, 0) is 88.3 Å². The van der Waals surface area contributed by atoms with Crippen LogP contribution in [0.25, 0.3) is 11.1 Å². The van der Waals surface area contributed by atoms with Crippen LogP contribution in [0, 0.1) is 11.3 Å². The van der Waals surface area contributed by atoms with Crippen molar-refractivity contribution in [3.8, 4) is 28.7 Å². The Labute approximate surface area is 343 Å².